The van der Waals surface area contributed by atoms with Gasteiger partial charge in [-0.2, -0.15) is 0 Å². The first-order valence-corrected chi connectivity index (χ1v) is 14.7. The van der Waals surface area contributed by atoms with Crippen LogP contribution in [-0.2, 0) is 28.9 Å². The van der Waals surface area contributed by atoms with Crippen LogP contribution in [0.2, 0.25) is 0 Å². The predicted molar refractivity (Wildman–Crippen MR) is 152 cm³/mol. The number of fused-ring (bicyclic) bond motifs is 1. The number of carbonyl (C=O) groups is 3. The van der Waals surface area contributed by atoms with Crippen molar-refractivity contribution >= 4 is 45.9 Å². The summed E-state index contributed by atoms with van der Waals surface area (Å²) >= 11 is 2.69. The van der Waals surface area contributed by atoms with Gasteiger partial charge in [0.1, 0.15) is 5.00 Å². The fraction of sp³-hybridized carbons (Fsp3) is 0.321. The summed E-state index contributed by atoms with van der Waals surface area (Å²) in [5, 5.41) is 14.9. The maximum absolute atomic E-state index is 13.3. The van der Waals surface area contributed by atoms with E-state index in [2.05, 4.69) is 20.8 Å². The Kier molecular flexibility index (Phi) is 8.36. The Bertz CT molecular complexity index is 1540. The highest BCUT2D eigenvalue weighted by atomic mass is 32.2. The van der Waals surface area contributed by atoms with E-state index >= 15 is 0 Å². The standard InChI is InChI=1S/C28H29N5O5S2/c1-4-37-27(36)23-19-10-6-12-21(19)40-26(23)30-24(34)17(3)39-28-32-31-22(15-29-25(35)20-11-7-13-38-20)33(28)18-9-5-8-16(2)14-18/h5,7-9,11,13-14,17H,4,6,10,12,15H2,1-3H3,(H,29,35)(H,30,34)/t17-/m1/s1. The summed E-state index contributed by atoms with van der Waals surface area (Å²) in [7, 11) is 0. The van der Waals surface area contributed by atoms with Crippen LogP contribution in [0, 0.1) is 6.92 Å². The Hall–Kier alpha value is -3.90. The molecule has 5 rings (SSSR count). The van der Waals surface area contributed by atoms with Gasteiger partial charge in [-0.25, -0.2) is 4.79 Å². The summed E-state index contributed by atoms with van der Waals surface area (Å²) in [6.07, 6.45) is 4.13. The molecule has 40 heavy (non-hydrogen) atoms. The van der Waals surface area contributed by atoms with Gasteiger partial charge in [0, 0.05) is 10.6 Å². The number of rotatable bonds is 10. The molecule has 0 saturated carbocycles. The molecule has 0 spiro atoms. The Balaban J connectivity index is 1.36. The molecule has 3 heterocycles. The van der Waals surface area contributed by atoms with Crippen molar-refractivity contribution in [2.75, 3.05) is 11.9 Å². The van der Waals surface area contributed by atoms with Gasteiger partial charge >= 0.3 is 5.97 Å². The van der Waals surface area contributed by atoms with Crippen LogP contribution in [0.25, 0.3) is 5.69 Å². The van der Waals surface area contributed by atoms with E-state index in [9.17, 15) is 14.4 Å². The minimum Gasteiger partial charge on any atom is -0.462 e. The van der Waals surface area contributed by atoms with E-state index in [-0.39, 0.29) is 30.7 Å². The van der Waals surface area contributed by atoms with Crippen LogP contribution in [-0.4, -0.2) is 44.4 Å². The lowest BCUT2D eigenvalue weighted by atomic mass is 10.1. The molecule has 1 atom stereocenters. The number of anilines is 1. The number of thiophene rings is 1. The lowest BCUT2D eigenvalue weighted by Gasteiger charge is -2.15. The van der Waals surface area contributed by atoms with E-state index in [0.717, 1.165) is 41.0 Å². The second-order valence-electron chi connectivity index (χ2n) is 9.26. The topological polar surface area (TPSA) is 128 Å². The number of nitrogens with one attached hydrogen (secondary N) is 2. The first-order valence-electron chi connectivity index (χ1n) is 13.0. The van der Waals surface area contributed by atoms with Crippen LogP contribution in [0.3, 0.4) is 0 Å². The monoisotopic (exact) mass is 579 g/mol. The zero-order valence-corrected chi connectivity index (χ0v) is 24.0. The molecule has 0 unspecified atom stereocenters. The molecule has 0 bridgehead atoms. The van der Waals surface area contributed by atoms with Gasteiger partial charge in [0.15, 0.2) is 16.7 Å². The van der Waals surface area contributed by atoms with Crippen LogP contribution in [0.15, 0.2) is 52.2 Å². The second kappa shape index (κ2) is 12.1. The molecule has 1 aliphatic carbocycles. The molecule has 1 aliphatic rings. The van der Waals surface area contributed by atoms with Crippen molar-refractivity contribution < 1.29 is 23.5 Å². The molecule has 2 amide bonds. The van der Waals surface area contributed by atoms with Crippen LogP contribution in [0.5, 0.6) is 0 Å². The zero-order chi connectivity index (χ0) is 28.2. The summed E-state index contributed by atoms with van der Waals surface area (Å²) in [5.41, 5.74) is 3.30. The maximum Gasteiger partial charge on any atom is 0.341 e. The van der Waals surface area contributed by atoms with Gasteiger partial charge in [0.2, 0.25) is 5.91 Å². The summed E-state index contributed by atoms with van der Waals surface area (Å²) in [4.78, 5) is 39.6. The number of carbonyl (C=O) groups excluding carboxylic acids is 3. The number of aromatic nitrogens is 3. The molecule has 12 heteroatoms. The smallest absolute Gasteiger partial charge is 0.341 e. The molecule has 10 nitrogen and oxygen atoms in total. The molecule has 0 aliphatic heterocycles. The van der Waals surface area contributed by atoms with E-state index in [1.807, 2.05) is 35.8 Å². The van der Waals surface area contributed by atoms with Gasteiger partial charge in [-0.15, -0.1) is 21.5 Å². The zero-order valence-electron chi connectivity index (χ0n) is 22.4. The number of ether oxygens (including phenoxy) is 1. The third kappa shape index (κ3) is 5.82. The van der Waals surface area contributed by atoms with Crippen molar-refractivity contribution in [3.05, 3.63) is 75.8 Å². The van der Waals surface area contributed by atoms with E-state index in [1.54, 1.807) is 26.0 Å². The third-order valence-electron chi connectivity index (χ3n) is 6.40. The lowest BCUT2D eigenvalue weighted by molar-refractivity contribution is -0.115. The fourth-order valence-electron chi connectivity index (χ4n) is 4.51. The Morgan fingerprint density at radius 3 is 2.80 bits per heavy atom. The predicted octanol–water partition coefficient (Wildman–Crippen LogP) is 4.94. The highest BCUT2D eigenvalue weighted by Crippen LogP contribution is 2.40. The van der Waals surface area contributed by atoms with E-state index in [1.165, 1.54) is 29.4 Å². The number of nitrogens with zero attached hydrogens (tertiary/aromatic N) is 3. The van der Waals surface area contributed by atoms with E-state index in [4.69, 9.17) is 9.15 Å². The number of amides is 2. The highest BCUT2D eigenvalue weighted by Gasteiger charge is 2.30. The summed E-state index contributed by atoms with van der Waals surface area (Å²) < 4.78 is 12.3. The number of benzene rings is 1. The molecule has 3 aromatic heterocycles. The number of hydrogen-bond acceptors (Lipinski definition) is 9. The summed E-state index contributed by atoms with van der Waals surface area (Å²) in [5.74, 6) is -0.339. The first-order chi connectivity index (χ1) is 19.4. The second-order valence-corrected chi connectivity index (χ2v) is 11.7. The van der Waals surface area contributed by atoms with Crippen molar-refractivity contribution in [2.45, 2.75) is 57.0 Å². The van der Waals surface area contributed by atoms with Gasteiger partial charge in [0.25, 0.3) is 5.91 Å². The number of hydrogen-bond donors (Lipinski definition) is 2. The molecular weight excluding hydrogens is 550 g/mol. The lowest BCUT2D eigenvalue weighted by Crippen LogP contribution is -2.25. The van der Waals surface area contributed by atoms with Crippen molar-refractivity contribution in [1.29, 1.82) is 0 Å². The van der Waals surface area contributed by atoms with Crippen LogP contribution in [0.4, 0.5) is 5.00 Å². The minimum atomic E-state index is -0.565. The molecule has 0 fully saturated rings. The minimum absolute atomic E-state index is 0.102. The van der Waals surface area contributed by atoms with Crippen molar-refractivity contribution in [1.82, 2.24) is 20.1 Å². The van der Waals surface area contributed by atoms with E-state index < -0.39 is 11.2 Å². The number of esters is 1. The van der Waals surface area contributed by atoms with Gasteiger partial charge < -0.3 is 19.8 Å². The molecular formula is C28H29N5O5S2. The molecule has 0 radical (unpaired) electrons. The number of furan rings is 1. The Morgan fingerprint density at radius 2 is 2.05 bits per heavy atom. The van der Waals surface area contributed by atoms with Crippen LogP contribution >= 0.6 is 23.1 Å². The molecule has 1 aromatic carbocycles. The van der Waals surface area contributed by atoms with Gasteiger partial charge in [-0.05, 0) is 75.4 Å². The van der Waals surface area contributed by atoms with Crippen molar-refractivity contribution in [2.24, 2.45) is 0 Å². The average molecular weight is 580 g/mol. The van der Waals surface area contributed by atoms with Gasteiger partial charge in [-0.3, -0.25) is 14.2 Å². The summed E-state index contributed by atoms with van der Waals surface area (Å²) in [6.45, 7) is 5.89. The number of thioether (sulfide) groups is 1. The SMILES string of the molecule is CCOC(=O)c1c(NC(=O)[C@@H](C)Sc2nnc(CNC(=O)c3ccco3)n2-c2cccc(C)c2)sc2c1CCC2. The molecule has 4 aromatic rings. The van der Waals surface area contributed by atoms with Gasteiger partial charge in [-0.1, -0.05) is 23.9 Å². The quantitative estimate of drug-likeness (QED) is 0.200. The average Bonchev–Trinajstić information content (AvgIpc) is 3.72. The van der Waals surface area contributed by atoms with E-state index in [0.29, 0.717) is 21.5 Å². The molecule has 2 N–H and O–H groups in total. The summed E-state index contributed by atoms with van der Waals surface area (Å²) in [6, 6.07) is 11.0. The van der Waals surface area contributed by atoms with Crippen molar-refractivity contribution in [3.8, 4) is 5.69 Å². The normalized spacial score (nSPS) is 13.1. The largest absolute Gasteiger partial charge is 0.462 e. The number of aryl methyl sites for hydroxylation is 2. The fourth-order valence-corrected chi connectivity index (χ4v) is 6.68. The maximum atomic E-state index is 13.3. The third-order valence-corrected chi connectivity index (χ3v) is 8.65. The van der Waals surface area contributed by atoms with Crippen LogP contribution < -0.4 is 10.6 Å². The van der Waals surface area contributed by atoms with Gasteiger partial charge in [0.05, 0.1) is 30.2 Å². The first kappa shape index (κ1) is 27.7. The Morgan fingerprint density at radius 1 is 1.20 bits per heavy atom. The molecule has 0 saturated heterocycles. The van der Waals surface area contributed by atoms with Crippen LogP contribution in [0.1, 0.15) is 63.0 Å². The van der Waals surface area contributed by atoms with Crippen molar-refractivity contribution in [3.63, 3.8) is 0 Å². The Labute approximate surface area is 239 Å². The highest BCUT2D eigenvalue weighted by molar-refractivity contribution is 8.00. The molecule has 208 valence electrons.